The number of rotatable bonds is 14. The van der Waals surface area contributed by atoms with Gasteiger partial charge in [0.05, 0.1) is 13.7 Å². The molecule has 3 rings (SSSR count). The molecule has 0 heterocycles. The van der Waals surface area contributed by atoms with E-state index in [1.54, 1.807) is 24.1 Å². The summed E-state index contributed by atoms with van der Waals surface area (Å²) in [5.74, 6) is 1.52. The zero-order valence-corrected chi connectivity index (χ0v) is 23.1. The van der Waals surface area contributed by atoms with Crippen molar-refractivity contribution in [2.75, 3.05) is 20.3 Å². The summed E-state index contributed by atoms with van der Waals surface area (Å²) in [6.07, 6.45) is 1.20. The van der Waals surface area contributed by atoms with Crippen LogP contribution in [0.4, 0.5) is 0 Å². The Kier molecular flexibility index (Phi) is 11.5. The van der Waals surface area contributed by atoms with Crippen molar-refractivity contribution >= 4 is 23.4 Å². The number of nitrogens with zero attached hydrogens (tertiary/aromatic N) is 1. The predicted octanol–water partition coefficient (Wildman–Crippen LogP) is 5.92. The summed E-state index contributed by atoms with van der Waals surface area (Å²) in [5.41, 5.74) is 1.90. The van der Waals surface area contributed by atoms with Crippen LogP contribution in [0.5, 0.6) is 11.5 Å². The van der Waals surface area contributed by atoms with Gasteiger partial charge < -0.3 is 19.7 Å². The summed E-state index contributed by atoms with van der Waals surface area (Å²) < 4.78 is 11.0. The molecule has 3 aromatic carbocycles. The van der Waals surface area contributed by atoms with Gasteiger partial charge >= 0.3 is 0 Å². The van der Waals surface area contributed by atoms with Gasteiger partial charge in [-0.2, -0.15) is 0 Å². The van der Waals surface area contributed by atoms with Crippen LogP contribution in [-0.2, 0) is 22.6 Å². The monoisotopic (exact) mass is 536 g/mol. The largest absolute Gasteiger partial charge is 0.497 e. The third kappa shape index (κ3) is 9.42. The molecule has 0 fully saturated rings. The van der Waals surface area contributed by atoms with Crippen LogP contribution in [-0.4, -0.2) is 43.0 Å². The van der Waals surface area contributed by atoms with E-state index in [1.807, 2.05) is 80.6 Å². The summed E-state index contributed by atoms with van der Waals surface area (Å²) in [6.45, 7) is 5.33. The van der Waals surface area contributed by atoms with E-state index in [0.717, 1.165) is 16.9 Å². The average molecular weight is 537 g/mol. The van der Waals surface area contributed by atoms with Crippen molar-refractivity contribution in [3.05, 3.63) is 95.0 Å². The van der Waals surface area contributed by atoms with Gasteiger partial charge in [0.1, 0.15) is 17.5 Å². The molecule has 2 amide bonds. The van der Waals surface area contributed by atoms with Gasteiger partial charge in [0, 0.05) is 31.0 Å². The van der Waals surface area contributed by atoms with Gasteiger partial charge in [-0.3, -0.25) is 9.59 Å². The van der Waals surface area contributed by atoms with Crippen LogP contribution in [0.2, 0.25) is 5.02 Å². The molecule has 0 bridgehead atoms. The van der Waals surface area contributed by atoms with Gasteiger partial charge in [0.2, 0.25) is 11.8 Å². The maximum absolute atomic E-state index is 13.6. The summed E-state index contributed by atoms with van der Waals surface area (Å²) in [4.78, 5) is 28.8. The van der Waals surface area contributed by atoms with Crippen molar-refractivity contribution in [1.29, 1.82) is 0 Å². The first-order valence-corrected chi connectivity index (χ1v) is 13.4. The number of hydrogen-bond donors (Lipinski definition) is 1. The second kappa shape index (κ2) is 15.0. The highest BCUT2D eigenvalue weighted by molar-refractivity contribution is 6.30. The molecular formula is C31H37ClN2O4. The Morgan fingerprint density at radius 2 is 1.55 bits per heavy atom. The minimum Gasteiger partial charge on any atom is -0.497 e. The maximum Gasteiger partial charge on any atom is 0.243 e. The molecule has 0 saturated heterocycles. The van der Waals surface area contributed by atoms with Crippen LogP contribution < -0.4 is 14.8 Å². The summed E-state index contributed by atoms with van der Waals surface area (Å²) in [6, 6.07) is 23.9. The molecule has 3 aromatic rings. The van der Waals surface area contributed by atoms with Gasteiger partial charge in [-0.1, -0.05) is 67.9 Å². The number of carbonyl (C=O) groups is 2. The Hall–Kier alpha value is -3.51. The molecular weight excluding hydrogens is 500 g/mol. The van der Waals surface area contributed by atoms with Crippen molar-refractivity contribution < 1.29 is 19.1 Å². The van der Waals surface area contributed by atoms with Crippen molar-refractivity contribution in [3.63, 3.8) is 0 Å². The van der Waals surface area contributed by atoms with Gasteiger partial charge in [-0.15, -0.1) is 0 Å². The molecule has 1 unspecified atom stereocenters. The number of ether oxygens (including phenoxy) is 2. The van der Waals surface area contributed by atoms with E-state index in [0.29, 0.717) is 49.2 Å². The van der Waals surface area contributed by atoms with Gasteiger partial charge in [-0.05, 0) is 59.9 Å². The Balaban J connectivity index is 1.76. The fraction of sp³-hybridized carbons (Fsp3) is 0.355. The lowest BCUT2D eigenvalue weighted by Crippen LogP contribution is -2.51. The fourth-order valence-electron chi connectivity index (χ4n) is 3.99. The number of carbonyl (C=O) groups excluding carboxylic acids is 2. The Morgan fingerprint density at radius 3 is 2.18 bits per heavy atom. The van der Waals surface area contributed by atoms with E-state index in [1.165, 1.54) is 0 Å². The first-order valence-electron chi connectivity index (χ1n) is 13.0. The minimum atomic E-state index is -0.651. The topological polar surface area (TPSA) is 67.9 Å². The Bertz CT molecular complexity index is 1130. The SMILES string of the molecule is COc1ccc(OCCCC(=O)N(Cc2ccc(Cl)cc2)C(Cc2ccccc2)C(=O)NCC(C)C)cc1. The van der Waals surface area contributed by atoms with Crippen LogP contribution in [0.1, 0.15) is 37.8 Å². The highest BCUT2D eigenvalue weighted by atomic mass is 35.5. The molecule has 1 N–H and O–H groups in total. The third-order valence-electron chi connectivity index (χ3n) is 6.08. The summed E-state index contributed by atoms with van der Waals surface area (Å²) in [5, 5.41) is 3.66. The van der Waals surface area contributed by atoms with E-state index in [2.05, 4.69) is 5.32 Å². The molecule has 7 heteroatoms. The normalized spacial score (nSPS) is 11.6. The lowest BCUT2D eigenvalue weighted by atomic mass is 10.0. The van der Waals surface area contributed by atoms with Crippen LogP contribution in [0, 0.1) is 5.92 Å². The zero-order chi connectivity index (χ0) is 27.3. The van der Waals surface area contributed by atoms with Crippen LogP contribution in [0.25, 0.3) is 0 Å². The molecule has 6 nitrogen and oxygen atoms in total. The van der Waals surface area contributed by atoms with Crippen molar-refractivity contribution in [2.24, 2.45) is 5.92 Å². The standard InChI is InChI=1S/C31H37ClN2O4/c1-23(2)21-33-31(36)29(20-24-8-5-4-6-9-24)34(22-25-11-13-26(32)14-12-25)30(35)10-7-19-38-28-17-15-27(37-3)16-18-28/h4-6,8-9,11-18,23,29H,7,10,19-22H2,1-3H3,(H,33,36). The maximum atomic E-state index is 13.6. The predicted molar refractivity (Wildman–Crippen MR) is 152 cm³/mol. The van der Waals surface area contributed by atoms with Crippen molar-refractivity contribution in [3.8, 4) is 11.5 Å². The quantitative estimate of drug-likeness (QED) is 0.260. The van der Waals surface area contributed by atoms with Crippen molar-refractivity contribution in [2.45, 2.75) is 45.7 Å². The van der Waals surface area contributed by atoms with Gasteiger partial charge in [-0.25, -0.2) is 0 Å². The molecule has 0 saturated carbocycles. The third-order valence-corrected chi connectivity index (χ3v) is 6.34. The lowest BCUT2D eigenvalue weighted by Gasteiger charge is -2.32. The number of amides is 2. The Labute approximate surface area is 230 Å². The van der Waals surface area contributed by atoms with Gasteiger partial charge in [0.25, 0.3) is 0 Å². The first-order chi connectivity index (χ1) is 18.4. The molecule has 0 aliphatic carbocycles. The number of halogens is 1. The highest BCUT2D eigenvalue weighted by Gasteiger charge is 2.30. The number of methoxy groups -OCH3 is 1. The van der Waals surface area contributed by atoms with E-state index < -0.39 is 6.04 Å². The summed E-state index contributed by atoms with van der Waals surface area (Å²) >= 11 is 6.09. The first kappa shape index (κ1) is 29.1. The molecule has 0 aromatic heterocycles. The molecule has 202 valence electrons. The number of benzene rings is 3. The summed E-state index contributed by atoms with van der Waals surface area (Å²) in [7, 11) is 1.62. The molecule has 0 spiro atoms. The Morgan fingerprint density at radius 1 is 0.895 bits per heavy atom. The van der Waals surface area contributed by atoms with E-state index in [4.69, 9.17) is 21.1 Å². The fourth-order valence-corrected chi connectivity index (χ4v) is 4.12. The lowest BCUT2D eigenvalue weighted by molar-refractivity contribution is -0.141. The van der Waals surface area contributed by atoms with E-state index in [-0.39, 0.29) is 18.2 Å². The average Bonchev–Trinajstić information content (AvgIpc) is 2.93. The van der Waals surface area contributed by atoms with Gasteiger partial charge in [0.15, 0.2) is 0 Å². The molecule has 0 radical (unpaired) electrons. The second-order valence-electron chi connectivity index (χ2n) is 9.62. The number of nitrogens with one attached hydrogen (secondary N) is 1. The van der Waals surface area contributed by atoms with Crippen molar-refractivity contribution in [1.82, 2.24) is 10.2 Å². The van der Waals surface area contributed by atoms with Crippen LogP contribution in [0.15, 0.2) is 78.9 Å². The van der Waals surface area contributed by atoms with Crippen LogP contribution >= 0.6 is 11.6 Å². The second-order valence-corrected chi connectivity index (χ2v) is 10.1. The van der Waals surface area contributed by atoms with E-state index >= 15 is 0 Å². The molecule has 38 heavy (non-hydrogen) atoms. The number of hydrogen-bond acceptors (Lipinski definition) is 4. The molecule has 1 atom stereocenters. The molecule has 0 aliphatic heterocycles. The van der Waals surface area contributed by atoms with E-state index in [9.17, 15) is 9.59 Å². The van der Waals surface area contributed by atoms with Crippen LogP contribution in [0.3, 0.4) is 0 Å². The molecule has 0 aliphatic rings. The smallest absolute Gasteiger partial charge is 0.243 e. The highest BCUT2D eigenvalue weighted by Crippen LogP contribution is 2.20. The zero-order valence-electron chi connectivity index (χ0n) is 22.4. The minimum absolute atomic E-state index is 0.0982.